The Morgan fingerprint density at radius 3 is 2.88 bits per heavy atom. The zero-order valence-corrected chi connectivity index (χ0v) is 14.4. The van der Waals surface area contributed by atoms with Crippen molar-refractivity contribution in [2.45, 2.75) is 25.4 Å². The fraction of sp³-hybridized carbons (Fsp3) is 0.300. The lowest BCUT2D eigenvalue weighted by atomic mass is 10.1. The molecule has 1 aromatic carbocycles. The van der Waals surface area contributed by atoms with Crippen molar-refractivity contribution in [3.63, 3.8) is 0 Å². The summed E-state index contributed by atoms with van der Waals surface area (Å²) >= 11 is 0. The van der Waals surface area contributed by atoms with Gasteiger partial charge in [0.15, 0.2) is 0 Å². The molecule has 25 heavy (non-hydrogen) atoms. The van der Waals surface area contributed by atoms with Crippen LogP contribution in [0.1, 0.15) is 30.1 Å². The Hall–Kier alpha value is -2.66. The van der Waals surface area contributed by atoms with Gasteiger partial charge in [0.1, 0.15) is 5.75 Å². The predicted octanol–water partition coefficient (Wildman–Crippen LogP) is 3.61. The molecule has 0 saturated carbocycles. The highest BCUT2D eigenvalue weighted by Crippen LogP contribution is 2.33. The van der Waals surface area contributed by atoms with Crippen LogP contribution in [0.15, 0.2) is 61.1 Å². The van der Waals surface area contributed by atoms with E-state index in [0.717, 1.165) is 36.6 Å². The SMILES string of the molecule is COc1ccc(-n2cccn2)c(CN2CCC[C@H]2c2ccccn2)c1. The number of hydrogen-bond acceptors (Lipinski definition) is 4. The summed E-state index contributed by atoms with van der Waals surface area (Å²) in [7, 11) is 1.71. The monoisotopic (exact) mass is 334 g/mol. The van der Waals surface area contributed by atoms with E-state index in [1.165, 1.54) is 12.0 Å². The van der Waals surface area contributed by atoms with Crippen molar-refractivity contribution in [2.75, 3.05) is 13.7 Å². The molecule has 3 heterocycles. The van der Waals surface area contributed by atoms with Crippen LogP contribution in [0.3, 0.4) is 0 Å². The Bertz CT molecular complexity index is 817. The van der Waals surface area contributed by atoms with E-state index in [9.17, 15) is 0 Å². The van der Waals surface area contributed by atoms with Gasteiger partial charge in [0.2, 0.25) is 0 Å². The minimum absolute atomic E-state index is 0.373. The highest BCUT2D eigenvalue weighted by atomic mass is 16.5. The maximum absolute atomic E-state index is 5.44. The van der Waals surface area contributed by atoms with Crippen molar-refractivity contribution in [1.82, 2.24) is 19.7 Å². The molecule has 128 valence electrons. The summed E-state index contributed by atoms with van der Waals surface area (Å²) in [4.78, 5) is 7.08. The van der Waals surface area contributed by atoms with E-state index in [0.29, 0.717) is 6.04 Å². The van der Waals surface area contributed by atoms with Crippen molar-refractivity contribution in [2.24, 2.45) is 0 Å². The normalized spacial score (nSPS) is 17.7. The second-order valence-electron chi connectivity index (χ2n) is 6.33. The van der Waals surface area contributed by atoms with Crippen LogP contribution in [0.5, 0.6) is 5.75 Å². The quantitative estimate of drug-likeness (QED) is 0.715. The van der Waals surface area contributed by atoms with Crippen LogP contribution >= 0.6 is 0 Å². The number of benzene rings is 1. The van der Waals surface area contributed by atoms with Gasteiger partial charge in [-0.3, -0.25) is 9.88 Å². The van der Waals surface area contributed by atoms with Crippen molar-refractivity contribution in [1.29, 1.82) is 0 Å². The summed E-state index contributed by atoms with van der Waals surface area (Å²) in [6.45, 7) is 1.94. The maximum atomic E-state index is 5.44. The van der Waals surface area contributed by atoms with E-state index in [1.807, 2.05) is 35.3 Å². The molecule has 0 radical (unpaired) electrons. The third kappa shape index (κ3) is 3.28. The summed E-state index contributed by atoms with van der Waals surface area (Å²) in [5.41, 5.74) is 3.46. The van der Waals surface area contributed by atoms with Crippen LogP contribution in [0.25, 0.3) is 5.69 Å². The molecular weight excluding hydrogens is 312 g/mol. The first kappa shape index (κ1) is 15.8. The average molecular weight is 334 g/mol. The molecule has 1 atom stereocenters. The minimum Gasteiger partial charge on any atom is -0.497 e. The smallest absolute Gasteiger partial charge is 0.119 e. The number of pyridine rings is 1. The standard InChI is InChI=1S/C20H22N4O/c1-25-17-8-9-19(24-13-5-11-22-24)16(14-17)15-23-12-4-7-20(23)18-6-2-3-10-21-18/h2-3,5-6,8-11,13-14,20H,4,7,12,15H2,1H3/t20-/m0/s1. The second kappa shape index (κ2) is 7.07. The molecule has 0 unspecified atom stereocenters. The molecule has 4 rings (SSSR count). The first-order chi connectivity index (χ1) is 12.3. The summed E-state index contributed by atoms with van der Waals surface area (Å²) in [5, 5.41) is 4.40. The van der Waals surface area contributed by atoms with E-state index in [-0.39, 0.29) is 0 Å². The van der Waals surface area contributed by atoms with Crippen molar-refractivity contribution >= 4 is 0 Å². The van der Waals surface area contributed by atoms with Crippen molar-refractivity contribution in [3.8, 4) is 11.4 Å². The summed E-state index contributed by atoms with van der Waals surface area (Å²) < 4.78 is 7.36. The highest BCUT2D eigenvalue weighted by Gasteiger charge is 2.27. The average Bonchev–Trinajstić information content (AvgIpc) is 3.34. The number of rotatable bonds is 5. The zero-order valence-electron chi connectivity index (χ0n) is 14.4. The molecule has 0 aliphatic carbocycles. The van der Waals surface area contributed by atoms with Crippen LogP contribution in [-0.2, 0) is 6.54 Å². The number of ether oxygens (including phenoxy) is 1. The van der Waals surface area contributed by atoms with Gasteiger partial charge in [-0.15, -0.1) is 0 Å². The van der Waals surface area contributed by atoms with Gasteiger partial charge in [0, 0.05) is 25.1 Å². The molecule has 1 saturated heterocycles. The lowest BCUT2D eigenvalue weighted by Crippen LogP contribution is -2.24. The summed E-state index contributed by atoms with van der Waals surface area (Å²) in [6.07, 6.45) is 8.01. The van der Waals surface area contributed by atoms with Gasteiger partial charge in [-0.05, 0) is 61.3 Å². The van der Waals surface area contributed by atoms with Gasteiger partial charge >= 0.3 is 0 Å². The van der Waals surface area contributed by atoms with E-state index < -0.39 is 0 Å². The molecule has 5 heteroatoms. The number of aromatic nitrogens is 3. The maximum Gasteiger partial charge on any atom is 0.119 e. The Balaban J connectivity index is 1.65. The Labute approximate surface area is 147 Å². The molecule has 5 nitrogen and oxygen atoms in total. The predicted molar refractivity (Wildman–Crippen MR) is 96.7 cm³/mol. The van der Waals surface area contributed by atoms with E-state index in [4.69, 9.17) is 4.74 Å². The Morgan fingerprint density at radius 1 is 1.16 bits per heavy atom. The third-order valence-corrected chi connectivity index (χ3v) is 4.80. The van der Waals surface area contributed by atoms with E-state index in [1.54, 1.807) is 13.3 Å². The van der Waals surface area contributed by atoms with Crippen LogP contribution in [0, 0.1) is 0 Å². The van der Waals surface area contributed by atoms with Crippen LogP contribution in [0.2, 0.25) is 0 Å². The topological polar surface area (TPSA) is 43.2 Å². The third-order valence-electron chi connectivity index (χ3n) is 4.80. The van der Waals surface area contributed by atoms with Crippen LogP contribution in [-0.4, -0.2) is 33.3 Å². The molecule has 1 aliphatic rings. The van der Waals surface area contributed by atoms with E-state index in [2.05, 4.69) is 39.2 Å². The molecular formula is C20H22N4O. The number of nitrogens with zero attached hydrogens (tertiary/aromatic N) is 4. The number of likely N-dealkylation sites (tertiary alicyclic amines) is 1. The fourth-order valence-electron chi connectivity index (χ4n) is 3.59. The van der Waals surface area contributed by atoms with Gasteiger partial charge < -0.3 is 4.74 Å². The van der Waals surface area contributed by atoms with Gasteiger partial charge in [-0.2, -0.15) is 5.10 Å². The summed E-state index contributed by atoms with van der Waals surface area (Å²) in [5.74, 6) is 0.875. The Kier molecular flexibility index (Phi) is 4.48. The van der Waals surface area contributed by atoms with Crippen molar-refractivity contribution < 1.29 is 4.74 Å². The first-order valence-corrected chi connectivity index (χ1v) is 8.67. The summed E-state index contributed by atoms with van der Waals surface area (Å²) in [6, 6.07) is 14.7. The van der Waals surface area contributed by atoms with Gasteiger partial charge in [-0.1, -0.05) is 6.07 Å². The Morgan fingerprint density at radius 2 is 2.12 bits per heavy atom. The number of hydrogen-bond donors (Lipinski definition) is 0. The lowest BCUT2D eigenvalue weighted by Gasteiger charge is -2.25. The number of methoxy groups -OCH3 is 1. The van der Waals surface area contributed by atoms with E-state index >= 15 is 0 Å². The second-order valence-corrected chi connectivity index (χ2v) is 6.33. The lowest BCUT2D eigenvalue weighted by molar-refractivity contribution is 0.244. The van der Waals surface area contributed by atoms with Gasteiger partial charge in [0.05, 0.1) is 24.5 Å². The van der Waals surface area contributed by atoms with Crippen molar-refractivity contribution in [3.05, 3.63) is 72.3 Å². The van der Waals surface area contributed by atoms with Gasteiger partial charge in [-0.25, -0.2) is 4.68 Å². The molecule has 1 fully saturated rings. The van der Waals surface area contributed by atoms with Crippen LogP contribution in [0.4, 0.5) is 0 Å². The largest absolute Gasteiger partial charge is 0.497 e. The highest BCUT2D eigenvalue weighted by molar-refractivity contribution is 5.45. The van der Waals surface area contributed by atoms with Gasteiger partial charge in [0.25, 0.3) is 0 Å². The fourth-order valence-corrected chi connectivity index (χ4v) is 3.59. The molecule has 0 spiro atoms. The molecule has 1 aliphatic heterocycles. The minimum atomic E-state index is 0.373. The van der Waals surface area contributed by atoms with Crippen LogP contribution < -0.4 is 4.74 Å². The zero-order chi connectivity index (χ0) is 17.1. The molecule has 0 amide bonds. The first-order valence-electron chi connectivity index (χ1n) is 8.67. The molecule has 0 bridgehead atoms. The molecule has 3 aromatic rings. The molecule has 2 aromatic heterocycles. The molecule has 0 N–H and O–H groups in total.